The van der Waals surface area contributed by atoms with Crippen LogP contribution in [-0.4, -0.2) is 24.9 Å². The lowest BCUT2D eigenvalue weighted by Gasteiger charge is -2.13. The Balaban J connectivity index is 2.12. The van der Waals surface area contributed by atoms with Crippen LogP contribution < -0.4 is 21.3 Å². The highest BCUT2D eigenvalue weighted by Crippen LogP contribution is 2.22. The normalized spacial score (nSPS) is 11.2. The van der Waals surface area contributed by atoms with Crippen LogP contribution in [0.2, 0.25) is 0 Å². The molecule has 23 heavy (non-hydrogen) atoms. The molecule has 5 N–H and O–H groups in total. The zero-order valence-electron chi connectivity index (χ0n) is 13.0. The molecule has 0 bridgehead atoms. The van der Waals surface area contributed by atoms with Crippen LogP contribution in [-0.2, 0) is 10.0 Å². The zero-order chi connectivity index (χ0) is 16.9. The minimum Gasteiger partial charge on any atom is -0.393 e. The first-order chi connectivity index (χ1) is 10.9. The number of rotatable bonds is 7. The average molecular weight is 336 g/mol. The van der Waals surface area contributed by atoms with Crippen molar-refractivity contribution in [1.29, 1.82) is 0 Å². The van der Waals surface area contributed by atoms with Gasteiger partial charge < -0.3 is 11.1 Å². The summed E-state index contributed by atoms with van der Waals surface area (Å²) in [6, 6.07) is 6.49. The number of hydrogen-bond acceptors (Lipinski definition) is 7. The van der Waals surface area contributed by atoms with E-state index in [0.29, 0.717) is 12.4 Å². The SMILES string of the molecule is CCCNc1ncnc(NNS(=O)(=O)c2ccc(C)cc2)c1N. The smallest absolute Gasteiger partial charge is 0.257 e. The molecule has 0 saturated heterocycles. The van der Waals surface area contributed by atoms with Gasteiger partial charge in [-0.3, -0.25) is 5.43 Å². The summed E-state index contributed by atoms with van der Waals surface area (Å²) in [5.41, 5.74) is 9.67. The van der Waals surface area contributed by atoms with E-state index >= 15 is 0 Å². The van der Waals surface area contributed by atoms with Crippen LogP contribution in [0.4, 0.5) is 17.3 Å². The minimum absolute atomic E-state index is 0.146. The molecule has 8 nitrogen and oxygen atoms in total. The monoisotopic (exact) mass is 336 g/mol. The lowest BCUT2D eigenvalue weighted by Crippen LogP contribution is -2.30. The van der Waals surface area contributed by atoms with Crippen molar-refractivity contribution in [2.45, 2.75) is 25.2 Å². The second kappa shape index (κ2) is 7.25. The maximum absolute atomic E-state index is 12.2. The third-order valence-electron chi connectivity index (χ3n) is 3.06. The highest BCUT2D eigenvalue weighted by Gasteiger charge is 2.15. The molecule has 9 heteroatoms. The molecule has 1 heterocycles. The van der Waals surface area contributed by atoms with E-state index in [1.165, 1.54) is 18.5 Å². The predicted octanol–water partition coefficient (Wildman–Crippen LogP) is 1.49. The molecule has 1 aromatic carbocycles. The maximum atomic E-state index is 12.2. The number of aromatic nitrogens is 2. The van der Waals surface area contributed by atoms with Gasteiger partial charge in [0.05, 0.1) is 4.90 Å². The first kappa shape index (κ1) is 17.0. The molecule has 0 amide bonds. The molecule has 0 saturated carbocycles. The number of nitrogen functional groups attached to an aromatic ring is 1. The van der Waals surface area contributed by atoms with Crippen LogP contribution in [0.15, 0.2) is 35.5 Å². The largest absolute Gasteiger partial charge is 0.393 e. The molecule has 0 unspecified atom stereocenters. The third kappa shape index (κ3) is 4.30. The molecule has 0 fully saturated rings. The Hall–Kier alpha value is -2.39. The lowest BCUT2D eigenvalue weighted by molar-refractivity contribution is 0.587. The molecule has 0 spiro atoms. The van der Waals surface area contributed by atoms with E-state index < -0.39 is 10.0 Å². The quantitative estimate of drug-likeness (QED) is 0.565. The van der Waals surface area contributed by atoms with Gasteiger partial charge in [-0.25, -0.2) is 18.4 Å². The van der Waals surface area contributed by atoms with E-state index in [1.807, 2.05) is 13.8 Å². The Bertz CT molecular complexity index is 761. The molecule has 2 rings (SSSR count). The third-order valence-corrected chi connectivity index (χ3v) is 4.32. The molecule has 0 aliphatic rings. The van der Waals surface area contributed by atoms with E-state index in [2.05, 4.69) is 25.5 Å². The van der Waals surface area contributed by atoms with Crippen molar-refractivity contribution in [2.75, 3.05) is 23.0 Å². The summed E-state index contributed by atoms with van der Waals surface area (Å²) in [5, 5.41) is 3.04. The lowest BCUT2D eigenvalue weighted by atomic mass is 10.2. The first-order valence-corrected chi connectivity index (χ1v) is 8.61. The van der Waals surface area contributed by atoms with E-state index in [4.69, 9.17) is 5.73 Å². The van der Waals surface area contributed by atoms with Gasteiger partial charge in [0.1, 0.15) is 12.0 Å². The number of nitrogens with one attached hydrogen (secondary N) is 3. The van der Waals surface area contributed by atoms with Gasteiger partial charge in [-0.15, -0.1) is 4.83 Å². The van der Waals surface area contributed by atoms with Crippen molar-refractivity contribution in [3.8, 4) is 0 Å². The number of nitrogens with two attached hydrogens (primary N) is 1. The number of hydrogen-bond donors (Lipinski definition) is 4. The Morgan fingerprint density at radius 2 is 1.78 bits per heavy atom. The second-order valence-corrected chi connectivity index (χ2v) is 6.64. The number of hydrazine groups is 1. The maximum Gasteiger partial charge on any atom is 0.257 e. The zero-order valence-corrected chi connectivity index (χ0v) is 13.8. The Morgan fingerprint density at radius 1 is 1.13 bits per heavy atom. The fraction of sp³-hybridized carbons (Fsp3) is 0.286. The standard InChI is InChI=1S/C14H20N6O2S/c1-3-8-16-13-12(15)14(18-9-17-13)19-20-23(21,22)11-6-4-10(2)5-7-11/h4-7,9,20H,3,8,15H2,1-2H3,(H2,16,17,18,19). The number of anilines is 3. The van der Waals surface area contributed by atoms with Crippen LogP contribution in [0.1, 0.15) is 18.9 Å². The van der Waals surface area contributed by atoms with Crippen molar-refractivity contribution in [3.05, 3.63) is 36.2 Å². The average Bonchev–Trinajstić information content (AvgIpc) is 2.53. The Labute approximate surface area is 135 Å². The van der Waals surface area contributed by atoms with Crippen LogP contribution in [0.3, 0.4) is 0 Å². The van der Waals surface area contributed by atoms with Crippen molar-refractivity contribution in [2.24, 2.45) is 0 Å². The van der Waals surface area contributed by atoms with Gasteiger partial charge in [-0.2, -0.15) is 0 Å². The van der Waals surface area contributed by atoms with Crippen molar-refractivity contribution in [1.82, 2.24) is 14.8 Å². The van der Waals surface area contributed by atoms with Gasteiger partial charge in [0.2, 0.25) is 0 Å². The van der Waals surface area contributed by atoms with Gasteiger partial charge in [0.15, 0.2) is 11.6 Å². The van der Waals surface area contributed by atoms with Crippen molar-refractivity contribution < 1.29 is 8.42 Å². The Morgan fingerprint density at radius 3 is 2.43 bits per heavy atom. The first-order valence-electron chi connectivity index (χ1n) is 7.13. The summed E-state index contributed by atoms with van der Waals surface area (Å²) in [4.78, 5) is 10.4. The van der Waals surface area contributed by atoms with Crippen LogP contribution >= 0.6 is 0 Å². The van der Waals surface area contributed by atoms with Crippen molar-refractivity contribution in [3.63, 3.8) is 0 Å². The fourth-order valence-corrected chi connectivity index (χ4v) is 2.61. The van der Waals surface area contributed by atoms with Crippen LogP contribution in [0.5, 0.6) is 0 Å². The molecule has 0 aliphatic heterocycles. The Kier molecular flexibility index (Phi) is 5.35. The summed E-state index contributed by atoms with van der Waals surface area (Å²) >= 11 is 0. The number of sulfonamides is 1. The summed E-state index contributed by atoms with van der Waals surface area (Å²) in [5.74, 6) is 0.646. The summed E-state index contributed by atoms with van der Waals surface area (Å²) in [6.07, 6.45) is 2.21. The summed E-state index contributed by atoms with van der Waals surface area (Å²) in [6.45, 7) is 4.60. The number of nitrogens with zero attached hydrogens (tertiary/aromatic N) is 2. The van der Waals surface area contributed by atoms with E-state index in [0.717, 1.165) is 12.0 Å². The topological polar surface area (TPSA) is 122 Å². The van der Waals surface area contributed by atoms with E-state index in [-0.39, 0.29) is 16.4 Å². The van der Waals surface area contributed by atoms with Gasteiger partial charge >= 0.3 is 0 Å². The molecule has 1 aromatic heterocycles. The molecular formula is C14H20N6O2S. The fourth-order valence-electron chi connectivity index (χ4n) is 1.77. The molecule has 0 atom stereocenters. The van der Waals surface area contributed by atoms with E-state index in [9.17, 15) is 8.42 Å². The van der Waals surface area contributed by atoms with Gasteiger partial charge in [-0.05, 0) is 25.5 Å². The molecule has 0 radical (unpaired) electrons. The number of benzene rings is 1. The molecular weight excluding hydrogens is 316 g/mol. The second-order valence-electron chi connectivity index (χ2n) is 4.95. The summed E-state index contributed by atoms with van der Waals surface area (Å²) < 4.78 is 24.4. The minimum atomic E-state index is -3.72. The van der Waals surface area contributed by atoms with Crippen LogP contribution in [0, 0.1) is 6.92 Å². The summed E-state index contributed by atoms with van der Waals surface area (Å²) in [7, 11) is -3.72. The molecule has 0 aliphatic carbocycles. The van der Waals surface area contributed by atoms with Crippen LogP contribution in [0.25, 0.3) is 0 Å². The number of aryl methyl sites for hydroxylation is 1. The highest BCUT2D eigenvalue weighted by atomic mass is 32.2. The van der Waals surface area contributed by atoms with Gasteiger partial charge in [0.25, 0.3) is 10.0 Å². The highest BCUT2D eigenvalue weighted by molar-refractivity contribution is 7.89. The predicted molar refractivity (Wildman–Crippen MR) is 90.3 cm³/mol. The molecule has 124 valence electrons. The van der Waals surface area contributed by atoms with Gasteiger partial charge in [-0.1, -0.05) is 24.6 Å². The van der Waals surface area contributed by atoms with Crippen molar-refractivity contribution >= 4 is 27.3 Å². The van der Waals surface area contributed by atoms with Gasteiger partial charge in [0, 0.05) is 6.54 Å². The molecule has 2 aromatic rings. The van der Waals surface area contributed by atoms with E-state index in [1.54, 1.807) is 12.1 Å².